The van der Waals surface area contributed by atoms with Crippen LogP contribution in [0.5, 0.6) is 0 Å². The first-order valence-corrected chi connectivity index (χ1v) is 23.0. The zero-order chi connectivity index (χ0) is 47.3. The van der Waals surface area contributed by atoms with Crippen LogP contribution >= 0.6 is 0 Å². The Bertz CT molecular complexity index is 1990. The van der Waals surface area contributed by atoms with Crippen LogP contribution in [-0.4, -0.2) is 165 Å². The molecule has 4 aliphatic heterocycles. The molecule has 12 nitrogen and oxygen atoms in total. The lowest BCUT2D eigenvalue weighted by molar-refractivity contribution is -0.202. The van der Waals surface area contributed by atoms with Crippen LogP contribution in [0.1, 0.15) is 83.5 Å². The molecule has 0 unspecified atom stereocenters. The van der Waals surface area contributed by atoms with Crippen LogP contribution in [0.4, 0.5) is 42.5 Å². The van der Waals surface area contributed by atoms with E-state index in [1.165, 1.54) is 9.80 Å². The third-order valence-corrected chi connectivity index (χ3v) is 14.2. The summed E-state index contributed by atoms with van der Waals surface area (Å²) in [4.78, 5) is 52.6. The van der Waals surface area contributed by atoms with E-state index < -0.39 is 58.8 Å². The maximum Gasteiger partial charge on any atom is 0.410 e. The lowest BCUT2D eigenvalue weighted by Crippen LogP contribution is -2.59. The summed E-state index contributed by atoms with van der Waals surface area (Å²) < 4.78 is 87.1. The van der Waals surface area contributed by atoms with Gasteiger partial charge in [-0.2, -0.15) is 26.3 Å². The van der Waals surface area contributed by atoms with E-state index in [-0.39, 0.29) is 57.4 Å². The van der Waals surface area contributed by atoms with E-state index in [1.54, 1.807) is 32.6 Å². The summed E-state index contributed by atoms with van der Waals surface area (Å²) in [6.45, 7) is 17.4. The molecule has 2 aromatic rings. The highest BCUT2D eigenvalue weighted by molar-refractivity contribution is 5.87. The van der Waals surface area contributed by atoms with Crippen molar-refractivity contribution in [3.8, 4) is 0 Å². The number of carbonyl (C=O) groups is 3. The molecule has 3 amide bonds. The van der Waals surface area contributed by atoms with E-state index in [1.807, 2.05) is 43.3 Å². The first kappa shape index (κ1) is 48.6. The highest BCUT2D eigenvalue weighted by Crippen LogP contribution is 2.60. The summed E-state index contributed by atoms with van der Waals surface area (Å²) in [7, 11) is 4.21. The Morgan fingerprint density at radius 1 is 0.585 bits per heavy atom. The number of alkyl halides is 6. The number of nitrogens with zero attached hydrogens (tertiary/aromatic N) is 7. The molecule has 6 aliphatic rings. The first-order valence-electron chi connectivity index (χ1n) is 23.0. The Hall–Kier alpha value is -4.29. The van der Waals surface area contributed by atoms with Gasteiger partial charge in [-0.1, -0.05) is 24.3 Å². The van der Waals surface area contributed by atoms with Gasteiger partial charge in [0.05, 0.1) is 6.04 Å². The van der Waals surface area contributed by atoms with Gasteiger partial charge in [0, 0.05) is 108 Å². The molecular weight excluding hydrogens is 855 g/mol. The molecular formula is C47H66F6N8O4. The predicted octanol–water partition coefficient (Wildman–Crippen LogP) is 6.93. The summed E-state index contributed by atoms with van der Waals surface area (Å²) >= 11 is 0. The van der Waals surface area contributed by atoms with Crippen molar-refractivity contribution in [1.29, 1.82) is 0 Å². The molecule has 2 aliphatic carbocycles. The molecule has 2 saturated carbocycles. The minimum Gasteiger partial charge on any atom is -0.444 e. The van der Waals surface area contributed by atoms with Crippen LogP contribution < -0.4 is 15.1 Å². The lowest BCUT2D eigenvalue weighted by atomic mass is 9.96. The largest absolute Gasteiger partial charge is 0.444 e. The average molecular weight is 921 g/mol. The molecule has 360 valence electrons. The number of ether oxygens (including phenoxy) is 1. The minimum absolute atomic E-state index is 0.00900. The van der Waals surface area contributed by atoms with Crippen LogP contribution in [0.25, 0.3) is 0 Å². The molecule has 18 heteroatoms. The Kier molecular flexibility index (Phi) is 13.8. The SMILES string of the molecule is C[C@@H]1CN(C(=O)OC(C)(C)C)[C@@H](c2ccc(N3CCN(C)CC3)cc2)CN1C(=O)C1(C(F)(F)F)CC1.C[C@@H]1CN[C@@H](c2ccc(N3CCN(C)CC3)cc2)CN1C(=O)C1(C(F)(F)F)CC1. The van der Waals surface area contributed by atoms with Crippen LogP contribution in [0.15, 0.2) is 48.5 Å². The van der Waals surface area contributed by atoms with Gasteiger partial charge in [0.15, 0.2) is 0 Å². The number of hydrogen-bond donors (Lipinski definition) is 1. The summed E-state index contributed by atoms with van der Waals surface area (Å²) in [5, 5.41) is 3.39. The van der Waals surface area contributed by atoms with Crippen molar-refractivity contribution in [2.24, 2.45) is 10.8 Å². The normalized spacial score (nSPS) is 26.3. The molecule has 0 spiro atoms. The molecule has 0 radical (unpaired) electrons. The Labute approximate surface area is 379 Å². The second kappa shape index (κ2) is 18.4. The molecule has 1 N–H and O–H groups in total. The summed E-state index contributed by atoms with van der Waals surface area (Å²) in [5.41, 5.74) is -1.17. The van der Waals surface area contributed by atoms with E-state index in [4.69, 9.17) is 4.74 Å². The standard InChI is InChI=1S/C26H37F3N4O3.C21H29F3N4O/c1-18-16-33(23(35)36-24(2,3)4)21(17-32(18)22(34)25(10-11-25)26(27,28)29)19-6-8-20(9-7-19)31-14-12-30(5)13-15-31;1-15-13-25-18(14-28(15)19(29)20(7-8-20)21(22,23)24)16-3-5-17(6-4-16)27-11-9-26(2)10-12-27/h6-9,18,21H,10-17H2,1-5H3;3-6,15,18,25H,7-14H2,1-2H3/t18-,21-;15-,18-/m11/s1. The van der Waals surface area contributed by atoms with Crippen molar-refractivity contribution in [2.45, 2.75) is 102 Å². The number of benzene rings is 2. The van der Waals surface area contributed by atoms with Crippen molar-refractivity contribution >= 4 is 29.3 Å². The number of carbonyl (C=O) groups excluding carboxylic acids is 3. The number of rotatable bonds is 6. The van der Waals surface area contributed by atoms with E-state index in [2.05, 4.69) is 51.1 Å². The van der Waals surface area contributed by atoms with Gasteiger partial charge >= 0.3 is 18.4 Å². The summed E-state index contributed by atoms with van der Waals surface area (Å²) in [5.74, 6) is -1.64. The number of anilines is 2. The van der Waals surface area contributed by atoms with Crippen molar-refractivity contribution in [3.63, 3.8) is 0 Å². The topological polar surface area (TPSA) is 95.1 Å². The Balaban J connectivity index is 0.000000198. The van der Waals surface area contributed by atoms with Gasteiger partial charge in [0.1, 0.15) is 16.4 Å². The zero-order valence-electron chi connectivity index (χ0n) is 38.8. The number of likely N-dealkylation sites (N-methyl/N-ethyl adjacent to an activating group) is 2. The van der Waals surface area contributed by atoms with Gasteiger partial charge in [-0.05, 0) is 110 Å². The fourth-order valence-corrected chi connectivity index (χ4v) is 9.43. The first-order chi connectivity index (χ1) is 30.4. The maximum absolute atomic E-state index is 13.7. The van der Waals surface area contributed by atoms with Crippen molar-refractivity contribution in [3.05, 3.63) is 59.7 Å². The predicted molar refractivity (Wildman–Crippen MR) is 237 cm³/mol. The van der Waals surface area contributed by atoms with E-state index in [0.29, 0.717) is 6.54 Å². The van der Waals surface area contributed by atoms with Crippen molar-refractivity contribution in [2.75, 3.05) is 102 Å². The highest BCUT2D eigenvalue weighted by Gasteiger charge is 2.71. The molecule has 2 aromatic carbocycles. The van der Waals surface area contributed by atoms with E-state index >= 15 is 0 Å². The van der Waals surface area contributed by atoms with Gasteiger partial charge in [0.25, 0.3) is 0 Å². The van der Waals surface area contributed by atoms with Gasteiger partial charge in [-0.15, -0.1) is 0 Å². The molecule has 4 heterocycles. The molecule has 8 rings (SSSR count). The molecule has 4 saturated heterocycles. The van der Waals surface area contributed by atoms with Gasteiger partial charge in [-0.3, -0.25) is 14.5 Å². The molecule has 65 heavy (non-hydrogen) atoms. The average Bonchev–Trinajstić information content (AvgIpc) is 4.19. The third kappa shape index (κ3) is 10.5. The molecule has 6 fully saturated rings. The number of hydrogen-bond acceptors (Lipinski definition) is 9. The minimum atomic E-state index is -4.58. The van der Waals surface area contributed by atoms with Gasteiger partial charge in [-0.25, -0.2) is 4.79 Å². The van der Waals surface area contributed by atoms with Crippen molar-refractivity contribution < 1.29 is 45.5 Å². The van der Waals surface area contributed by atoms with Crippen LogP contribution in [0, 0.1) is 10.8 Å². The molecule has 0 bridgehead atoms. The van der Waals surface area contributed by atoms with Crippen LogP contribution in [0.2, 0.25) is 0 Å². The van der Waals surface area contributed by atoms with Gasteiger partial charge < -0.3 is 39.5 Å². The van der Waals surface area contributed by atoms with Crippen LogP contribution in [0.3, 0.4) is 0 Å². The second-order valence-electron chi connectivity index (χ2n) is 20.1. The number of amides is 3. The maximum atomic E-state index is 13.7. The van der Waals surface area contributed by atoms with Crippen LogP contribution in [-0.2, 0) is 14.3 Å². The number of piperazine rings is 4. The lowest BCUT2D eigenvalue weighted by Gasteiger charge is -2.46. The zero-order valence-corrected chi connectivity index (χ0v) is 38.8. The summed E-state index contributed by atoms with van der Waals surface area (Å²) in [6.07, 6.45) is -10.1. The highest BCUT2D eigenvalue weighted by atomic mass is 19.4. The Morgan fingerprint density at radius 2 is 1.00 bits per heavy atom. The Morgan fingerprint density at radius 3 is 1.40 bits per heavy atom. The molecule has 0 aromatic heterocycles. The third-order valence-electron chi connectivity index (χ3n) is 14.2. The second-order valence-corrected chi connectivity index (χ2v) is 20.1. The monoisotopic (exact) mass is 921 g/mol. The quantitative estimate of drug-likeness (QED) is 0.310. The fourth-order valence-electron chi connectivity index (χ4n) is 9.43. The van der Waals surface area contributed by atoms with Gasteiger partial charge in [0.2, 0.25) is 11.8 Å². The van der Waals surface area contributed by atoms with Crippen molar-refractivity contribution in [1.82, 2.24) is 29.8 Å². The summed E-state index contributed by atoms with van der Waals surface area (Å²) in [6, 6.07) is 14.4. The molecule has 4 atom stereocenters. The number of halogens is 6. The fraction of sp³-hybridized carbons (Fsp3) is 0.681. The number of nitrogens with one attached hydrogen (secondary N) is 1. The smallest absolute Gasteiger partial charge is 0.410 e. The van der Waals surface area contributed by atoms with E-state index in [0.717, 1.165) is 74.9 Å². The van der Waals surface area contributed by atoms with E-state index in [9.17, 15) is 40.7 Å².